The van der Waals surface area contributed by atoms with E-state index in [-0.39, 0.29) is 30.3 Å². The molecule has 3 aromatic rings. The van der Waals surface area contributed by atoms with Crippen molar-refractivity contribution in [3.8, 4) is 0 Å². The second kappa shape index (κ2) is 9.10. The summed E-state index contributed by atoms with van der Waals surface area (Å²) in [4.78, 5) is 51.7. The van der Waals surface area contributed by atoms with Gasteiger partial charge in [-0.05, 0) is 0 Å². The molecule has 0 fully saturated rings. The monoisotopic (exact) mass is 417 g/mol. The van der Waals surface area contributed by atoms with E-state index >= 15 is 0 Å². The van der Waals surface area contributed by atoms with Crippen LogP contribution in [0.3, 0.4) is 0 Å². The first-order chi connectivity index (χ1) is 13.5. The van der Waals surface area contributed by atoms with Crippen LogP contribution in [0.5, 0.6) is 0 Å². The first kappa shape index (κ1) is 19.5. The molecule has 0 unspecified atom stereocenters. The first-order valence-corrected chi connectivity index (χ1v) is 9.76. The van der Waals surface area contributed by atoms with Crippen LogP contribution in [-0.2, 0) is 22.4 Å². The van der Waals surface area contributed by atoms with Gasteiger partial charge in [0, 0.05) is 30.2 Å². The molecule has 0 aromatic carbocycles. The number of nitrogens with zero attached hydrogens (tertiary/aromatic N) is 4. The van der Waals surface area contributed by atoms with Crippen LogP contribution in [0.1, 0.15) is 21.9 Å². The Bertz CT molecular complexity index is 987. The number of nitrogens with one attached hydrogen (secondary N) is 3. The average molecular weight is 417 g/mol. The van der Waals surface area contributed by atoms with E-state index in [2.05, 4.69) is 35.9 Å². The fourth-order valence-electron chi connectivity index (χ4n) is 2.05. The minimum atomic E-state index is -0.426. The Kier molecular flexibility index (Phi) is 6.34. The third-order valence-electron chi connectivity index (χ3n) is 3.33. The Balaban J connectivity index is 1.52. The number of thiazole rings is 2. The van der Waals surface area contributed by atoms with E-state index < -0.39 is 5.91 Å². The molecular weight excluding hydrogens is 402 g/mol. The van der Waals surface area contributed by atoms with Crippen molar-refractivity contribution >= 4 is 50.7 Å². The Morgan fingerprint density at radius 3 is 2.18 bits per heavy atom. The van der Waals surface area contributed by atoms with E-state index in [1.807, 2.05) is 0 Å². The predicted octanol–water partition coefficient (Wildman–Crippen LogP) is 1.11. The maximum Gasteiger partial charge on any atom is 0.277 e. The van der Waals surface area contributed by atoms with Gasteiger partial charge in [0.2, 0.25) is 11.8 Å². The standard InChI is InChI=1S/C16H15N7O3S2/c1-17-12(24)4-9-7-27-15(20-9)22-13(25)5-10-8-28-16(21-10)23-14(26)11-6-18-2-3-19-11/h2-3,6-8H,4-5H2,1H3,(H,17,24)(H,20,22,25)(H,21,23,26). The Hall–Kier alpha value is -3.25. The number of anilines is 2. The zero-order chi connectivity index (χ0) is 19.9. The lowest BCUT2D eigenvalue weighted by Crippen LogP contribution is -2.20. The van der Waals surface area contributed by atoms with Crippen LogP contribution in [0.2, 0.25) is 0 Å². The highest BCUT2D eigenvalue weighted by molar-refractivity contribution is 7.14. The highest BCUT2D eigenvalue weighted by Gasteiger charge is 2.13. The van der Waals surface area contributed by atoms with Crippen molar-refractivity contribution < 1.29 is 14.4 Å². The van der Waals surface area contributed by atoms with Gasteiger partial charge in [0.15, 0.2) is 10.3 Å². The molecule has 0 bridgehead atoms. The zero-order valence-electron chi connectivity index (χ0n) is 14.6. The van der Waals surface area contributed by atoms with Crippen LogP contribution >= 0.6 is 22.7 Å². The molecule has 10 nitrogen and oxygen atoms in total. The van der Waals surface area contributed by atoms with Crippen molar-refractivity contribution in [3.05, 3.63) is 46.4 Å². The van der Waals surface area contributed by atoms with Crippen molar-refractivity contribution in [2.24, 2.45) is 0 Å². The number of amides is 3. The van der Waals surface area contributed by atoms with Crippen LogP contribution < -0.4 is 16.0 Å². The second-order valence-corrected chi connectivity index (χ2v) is 7.12. The normalized spacial score (nSPS) is 10.3. The minimum Gasteiger partial charge on any atom is -0.359 e. The molecule has 0 aliphatic rings. The van der Waals surface area contributed by atoms with E-state index in [9.17, 15) is 14.4 Å². The summed E-state index contributed by atoms with van der Waals surface area (Å²) in [5.41, 5.74) is 1.27. The van der Waals surface area contributed by atoms with Crippen LogP contribution in [0.25, 0.3) is 0 Å². The summed E-state index contributed by atoms with van der Waals surface area (Å²) in [7, 11) is 1.55. The van der Waals surface area contributed by atoms with Gasteiger partial charge in [0.25, 0.3) is 5.91 Å². The zero-order valence-corrected chi connectivity index (χ0v) is 16.3. The molecule has 3 aromatic heterocycles. The molecule has 28 heavy (non-hydrogen) atoms. The minimum absolute atomic E-state index is 0.0296. The topological polar surface area (TPSA) is 139 Å². The summed E-state index contributed by atoms with van der Waals surface area (Å²) in [5.74, 6) is -0.871. The van der Waals surface area contributed by atoms with Crippen LogP contribution in [-0.4, -0.2) is 44.7 Å². The number of aromatic nitrogens is 4. The number of hydrogen-bond acceptors (Lipinski definition) is 9. The van der Waals surface area contributed by atoms with E-state index in [0.717, 1.165) is 0 Å². The van der Waals surface area contributed by atoms with Crippen LogP contribution in [0, 0.1) is 0 Å². The molecule has 0 radical (unpaired) electrons. The van der Waals surface area contributed by atoms with Gasteiger partial charge in [-0.1, -0.05) is 0 Å². The number of likely N-dealkylation sites (N-methyl/N-ethyl adjacent to an activating group) is 1. The molecule has 0 atom stereocenters. The largest absolute Gasteiger partial charge is 0.359 e. The lowest BCUT2D eigenvalue weighted by molar-refractivity contribution is -0.120. The summed E-state index contributed by atoms with van der Waals surface area (Å²) in [6, 6.07) is 0. The fourth-order valence-corrected chi connectivity index (χ4v) is 3.48. The van der Waals surface area contributed by atoms with Crippen molar-refractivity contribution in [1.29, 1.82) is 0 Å². The van der Waals surface area contributed by atoms with Crippen LogP contribution in [0.15, 0.2) is 29.4 Å². The molecule has 144 valence electrons. The summed E-state index contributed by atoms with van der Waals surface area (Å²) < 4.78 is 0. The molecule has 0 saturated carbocycles. The first-order valence-electron chi connectivity index (χ1n) is 8.00. The van der Waals surface area contributed by atoms with Gasteiger partial charge in [-0.3, -0.25) is 24.7 Å². The molecular formula is C16H15N7O3S2. The van der Waals surface area contributed by atoms with E-state index in [1.54, 1.807) is 17.8 Å². The van der Waals surface area contributed by atoms with E-state index in [0.29, 0.717) is 21.7 Å². The molecule has 0 aliphatic heterocycles. The van der Waals surface area contributed by atoms with Gasteiger partial charge in [-0.15, -0.1) is 22.7 Å². The van der Waals surface area contributed by atoms with Gasteiger partial charge < -0.3 is 10.6 Å². The van der Waals surface area contributed by atoms with Gasteiger partial charge in [-0.2, -0.15) is 0 Å². The van der Waals surface area contributed by atoms with Gasteiger partial charge in [0.05, 0.1) is 30.4 Å². The third-order valence-corrected chi connectivity index (χ3v) is 4.94. The van der Waals surface area contributed by atoms with Gasteiger partial charge >= 0.3 is 0 Å². The van der Waals surface area contributed by atoms with Gasteiger partial charge in [0.1, 0.15) is 5.69 Å². The molecule has 0 aliphatic carbocycles. The van der Waals surface area contributed by atoms with Crippen LogP contribution in [0.4, 0.5) is 10.3 Å². The molecule has 3 N–H and O–H groups in total. The van der Waals surface area contributed by atoms with Crippen molar-refractivity contribution in [1.82, 2.24) is 25.3 Å². The Morgan fingerprint density at radius 1 is 0.929 bits per heavy atom. The predicted molar refractivity (Wildman–Crippen MR) is 104 cm³/mol. The summed E-state index contributed by atoms with van der Waals surface area (Å²) in [6.07, 6.45) is 4.43. The number of rotatable bonds is 7. The van der Waals surface area contributed by atoms with Gasteiger partial charge in [-0.25, -0.2) is 15.0 Å². The molecule has 0 saturated heterocycles. The lowest BCUT2D eigenvalue weighted by atomic mass is 10.3. The summed E-state index contributed by atoms with van der Waals surface area (Å²) in [5, 5.41) is 12.0. The number of carbonyl (C=O) groups is 3. The highest BCUT2D eigenvalue weighted by Crippen LogP contribution is 2.19. The molecule has 3 heterocycles. The molecule has 0 spiro atoms. The smallest absolute Gasteiger partial charge is 0.277 e. The molecule has 3 rings (SSSR count). The number of hydrogen-bond donors (Lipinski definition) is 3. The number of carbonyl (C=O) groups excluding carboxylic acids is 3. The molecule has 12 heteroatoms. The van der Waals surface area contributed by atoms with Crippen molar-refractivity contribution in [2.75, 3.05) is 17.7 Å². The SMILES string of the molecule is CNC(=O)Cc1csc(NC(=O)Cc2csc(NC(=O)c3cnccn3)n2)n1. The third kappa shape index (κ3) is 5.37. The van der Waals surface area contributed by atoms with E-state index in [1.165, 1.54) is 41.3 Å². The van der Waals surface area contributed by atoms with E-state index in [4.69, 9.17) is 0 Å². The Morgan fingerprint density at radius 2 is 1.57 bits per heavy atom. The highest BCUT2D eigenvalue weighted by atomic mass is 32.1. The van der Waals surface area contributed by atoms with Crippen molar-refractivity contribution in [3.63, 3.8) is 0 Å². The maximum atomic E-state index is 12.2. The quantitative estimate of drug-likeness (QED) is 0.523. The Labute approximate surface area is 167 Å². The summed E-state index contributed by atoms with van der Waals surface area (Å²) in [6.45, 7) is 0. The fraction of sp³-hybridized carbons (Fsp3) is 0.188. The summed E-state index contributed by atoms with van der Waals surface area (Å²) >= 11 is 2.45. The molecule has 3 amide bonds. The second-order valence-electron chi connectivity index (χ2n) is 5.41. The lowest BCUT2D eigenvalue weighted by Gasteiger charge is -2.00. The maximum absolute atomic E-state index is 12.2. The van der Waals surface area contributed by atoms with Crippen molar-refractivity contribution in [2.45, 2.75) is 12.8 Å². The average Bonchev–Trinajstić information content (AvgIpc) is 3.31.